The van der Waals surface area contributed by atoms with Crippen LogP contribution in [0.4, 0.5) is 0 Å². The van der Waals surface area contributed by atoms with Gasteiger partial charge in [-0.2, -0.15) is 23.5 Å². The van der Waals surface area contributed by atoms with Gasteiger partial charge in [0.05, 0.1) is 0 Å². The number of carbonyl (C=O) groups is 4. The first-order chi connectivity index (χ1) is 13.9. The Bertz CT molecular complexity index is 546. The summed E-state index contributed by atoms with van der Waals surface area (Å²) in [5.41, 5.74) is 0. The molecule has 0 aromatic rings. The SMILES string of the molecule is CCSCC(OO)N1C(=O)CCC1=O.CCSCCC(OO)N1C(=O)CCC1=O. The van der Waals surface area contributed by atoms with Crippen LogP contribution in [0.5, 0.6) is 0 Å². The van der Waals surface area contributed by atoms with Crippen molar-refractivity contribution in [2.75, 3.05) is 23.0 Å². The van der Waals surface area contributed by atoms with Crippen LogP contribution < -0.4 is 0 Å². The molecule has 2 rings (SSSR count). The van der Waals surface area contributed by atoms with Gasteiger partial charge in [-0.1, -0.05) is 13.8 Å². The lowest BCUT2D eigenvalue weighted by atomic mass is 10.4. The summed E-state index contributed by atoms with van der Waals surface area (Å²) in [6.07, 6.45) is -0.301. The normalized spacial score (nSPS) is 18.9. The molecular formula is C17H28N2O8S2. The fraction of sp³-hybridized carbons (Fsp3) is 0.765. The van der Waals surface area contributed by atoms with E-state index >= 15 is 0 Å². The van der Waals surface area contributed by atoms with E-state index in [0.29, 0.717) is 12.2 Å². The van der Waals surface area contributed by atoms with Crippen molar-refractivity contribution < 1.29 is 39.5 Å². The van der Waals surface area contributed by atoms with E-state index < -0.39 is 12.5 Å². The average Bonchev–Trinajstić information content (AvgIpc) is 3.22. The van der Waals surface area contributed by atoms with Gasteiger partial charge in [0, 0.05) is 37.9 Å². The van der Waals surface area contributed by atoms with Crippen molar-refractivity contribution in [3.8, 4) is 0 Å². The molecule has 0 saturated carbocycles. The summed E-state index contributed by atoms with van der Waals surface area (Å²) in [4.78, 5) is 55.5. The summed E-state index contributed by atoms with van der Waals surface area (Å²) in [6, 6.07) is 0. The van der Waals surface area contributed by atoms with Crippen LogP contribution in [0.25, 0.3) is 0 Å². The van der Waals surface area contributed by atoms with Crippen LogP contribution in [-0.4, -0.2) is 79.4 Å². The highest BCUT2D eigenvalue weighted by Gasteiger charge is 2.36. The van der Waals surface area contributed by atoms with E-state index in [-0.39, 0.29) is 49.3 Å². The molecule has 0 radical (unpaired) electrons. The topological polar surface area (TPSA) is 134 Å². The molecule has 0 aromatic heterocycles. The Labute approximate surface area is 178 Å². The average molecular weight is 453 g/mol. The monoisotopic (exact) mass is 452 g/mol. The lowest BCUT2D eigenvalue weighted by molar-refractivity contribution is -0.304. The number of rotatable bonds is 11. The highest BCUT2D eigenvalue weighted by atomic mass is 32.2. The molecule has 0 aliphatic carbocycles. The summed E-state index contributed by atoms with van der Waals surface area (Å²) in [6.45, 7) is 3.97. The summed E-state index contributed by atoms with van der Waals surface area (Å²) in [7, 11) is 0. The number of carbonyl (C=O) groups excluding carboxylic acids is 4. The zero-order chi connectivity index (χ0) is 21.8. The van der Waals surface area contributed by atoms with Crippen molar-refractivity contribution in [1.82, 2.24) is 9.80 Å². The maximum Gasteiger partial charge on any atom is 0.231 e. The molecule has 2 aliphatic heterocycles. The molecule has 2 atom stereocenters. The smallest absolute Gasteiger partial charge is 0.231 e. The van der Waals surface area contributed by atoms with Gasteiger partial charge in [-0.05, 0) is 17.3 Å². The first-order valence-corrected chi connectivity index (χ1v) is 11.7. The van der Waals surface area contributed by atoms with Crippen LogP contribution >= 0.6 is 23.5 Å². The number of thioether (sulfide) groups is 2. The molecule has 2 N–H and O–H groups in total. The molecule has 0 bridgehead atoms. The van der Waals surface area contributed by atoms with Crippen LogP contribution in [0.1, 0.15) is 46.0 Å². The molecule has 2 fully saturated rings. The van der Waals surface area contributed by atoms with Crippen LogP contribution in [0.3, 0.4) is 0 Å². The first-order valence-electron chi connectivity index (χ1n) is 9.36. The maximum atomic E-state index is 11.3. The number of imide groups is 2. The molecule has 166 valence electrons. The molecule has 29 heavy (non-hydrogen) atoms. The van der Waals surface area contributed by atoms with Crippen LogP contribution in [0.2, 0.25) is 0 Å². The van der Waals surface area contributed by atoms with Crippen LogP contribution in [0.15, 0.2) is 0 Å². The van der Waals surface area contributed by atoms with E-state index in [1.165, 1.54) is 11.8 Å². The number of amides is 4. The van der Waals surface area contributed by atoms with Gasteiger partial charge in [-0.3, -0.25) is 29.0 Å². The second-order valence-corrected chi connectivity index (χ2v) is 8.79. The van der Waals surface area contributed by atoms with Gasteiger partial charge in [0.1, 0.15) is 0 Å². The zero-order valence-electron chi connectivity index (χ0n) is 16.6. The Morgan fingerprint density at radius 3 is 1.59 bits per heavy atom. The van der Waals surface area contributed by atoms with E-state index in [9.17, 15) is 19.2 Å². The molecule has 12 heteroatoms. The third-order valence-corrected chi connectivity index (χ3v) is 6.04. The van der Waals surface area contributed by atoms with Gasteiger partial charge in [-0.15, -0.1) is 0 Å². The largest absolute Gasteiger partial charge is 0.274 e. The third kappa shape index (κ3) is 7.87. The number of hydrogen-bond donors (Lipinski definition) is 2. The summed E-state index contributed by atoms with van der Waals surface area (Å²) in [5, 5.41) is 17.3. The van der Waals surface area contributed by atoms with Gasteiger partial charge < -0.3 is 0 Å². The predicted molar refractivity (Wildman–Crippen MR) is 108 cm³/mol. The molecule has 10 nitrogen and oxygen atoms in total. The minimum absolute atomic E-state index is 0.218. The van der Waals surface area contributed by atoms with E-state index in [1.54, 1.807) is 11.8 Å². The Hall–Kier alpha value is -1.18. The van der Waals surface area contributed by atoms with Crippen LogP contribution in [0, 0.1) is 0 Å². The van der Waals surface area contributed by atoms with Crippen molar-refractivity contribution in [3.63, 3.8) is 0 Å². The Balaban J connectivity index is 0.000000291. The van der Waals surface area contributed by atoms with Gasteiger partial charge in [0.25, 0.3) is 0 Å². The van der Waals surface area contributed by atoms with Gasteiger partial charge in [0.15, 0.2) is 12.5 Å². The van der Waals surface area contributed by atoms with Crippen molar-refractivity contribution in [2.45, 2.75) is 58.4 Å². The van der Waals surface area contributed by atoms with E-state index in [4.69, 9.17) is 10.5 Å². The Kier molecular flexibility index (Phi) is 12.4. The summed E-state index contributed by atoms with van der Waals surface area (Å²) in [5.74, 6) is 1.89. The highest BCUT2D eigenvalue weighted by molar-refractivity contribution is 7.99. The Morgan fingerprint density at radius 1 is 0.793 bits per heavy atom. The lowest BCUT2D eigenvalue weighted by Crippen LogP contribution is -2.42. The second-order valence-electron chi connectivity index (χ2n) is 6.08. The minimum Gasteiger partial charge on any atom is -0.274 e. The van der Waals surface area contributed by atoms with E-state index in [1.807, 2.05) is 13.8 Å². The Morgan fingerprint density at radius 2 is 1.21 bits per heavy atom. The highest BCUT2D eigenvalue weighted by Crippen LogP contribution is 2.20. The van der Waals surface area contributed by atoms with Crippen LogP contribution in [-0.2, 0) is 29.0 Å². The third-order valence-electron chi connectivity index (χ3n) is 4.18. The van der Waals surface area contributed by atoms with Gasteiger partial charge in [0.2, 0.25) is 23.6 Å². The quantitative estimate of drug-likeness (QED) is 0.207. The van der Waals surface area contributed by atoms with Crippen molar-refractivity contribution in [1.29, 1.82) is 0 Å². The standard InChI is InChI=1S/C9H15NO4S.C8H13NO4S/c1-2-15-6-5-9(14-13)10-7(11)3-4-8(10)12;1-2-14-5-8(13-12)9-6(10)3-4-7(9)11/h9,13H,2-6H2,1H3;8,12H,2-5H2,1H3. The fourth-order valence-electron chi connectivity index (χ4n) is 2.76. The van der Waals surface area contributed by atoms with Crippen molar-refractivity contribution in [2.24, 2.45) is 0 Å². The number of hydrogen-bond acceptors (Lipinski definition) is 10. The summed E-state index contributed by atoms with van der Waals surface area (Å²) >= 11 is 3.17. The molecule has 2 saturated heterocycles. The lowest BCUT2D eigenvalue weighted by Gasteiger charge is -2.22. The molecular weight excluding hydrogens is 424 g/mol. The number of nitrogens with zero attached hydrogens (tertiary/aromatic N) is 2. The van der Waals surface area contributed by atoms with Crippen molar-refractivity contribution >= 4 is 47.2 Å². The fourth-order valence-corrected chi connectivity index (χ4v) is 4.06. The molecule has 2 heterocycles. The first kappa shape index (κ1) is 25.9. The maximum absolute atomic E-state index is 11.3. The summed E-state index contributed by atoms with van der Waals surface area (Å²) < 4.78 is 0. The van der Waals surface area contributed by atoms with Gasteiger partial charge in [-0.25, -0.2) is 20.3 Å². The van der Waals surface area contributed by atoms with Crippen molar-refractivity contribution in [3.05, 3.63) is 0 Å². The van der Waals surface area contributed by atoms with E-state index in [0.717, 1.165) is 27.1 Å². The molecule has 0 aromatic carbocycles. The van der Waals surface area contributed by atoms with Gasteiger partial charge >= 0.3 is 0 Å². The zero-order valence-corrected chi connectivity index (χ0v) is 18.2. The molecule has 0 spiro atoms. The predicted octanol–water partition coefficient (Wildman–Crippen LogP) is 1.80. The number of likely N-dealkylation sites (tertiary alicyclic amines) is 2. The molecule has 2 unspecified atom stereocenters. The minimum atomic E-state index is -0.831. The molecule has 2 aliphatic rings. The van der Waals surface area contributed by atoms with E-state index in [2.05, 4.69) is 9.78 Å². The second kappa shape index (κ2) is 13.9. The molecule has 4 amide bonds.